The fourth-order valence-corrected chi connectivity index (χ4v) is 3.51. The van der Waals surface area contributed by atoms with Crippen molar-refractivity contribution in [1.29, 1.82) is 0 Å². The number of fused-ring (bicyclic) bond motifs is 1. The van der Waals surface area contributed by atoms with Crippen molar-refractivity contribution in [2.75, 3.05) is 13.1 Å². The Kier molecular flexibility index (Phi) is 3.83. The molecule has 1 aromatic heterocycles. The molecule has 1 N–H and O–H groups in total. The van der Waals surface area contributed by atoms with Gasteiger partial charge in [0.05, 0.1) is 11.0 Å². The predicted octanol–water partition coefficient (Wildman–Crippen LogP) is 4.51. The van der Waals surface area contributed by atoms with Crippen molar-refractivity contribution in [3.8, 4) is 0 Å². The van der Waals surface area contributed by atoms with Crippen molar-refractivity contribution >= 4 is 22.6 Å². The monoisotopic (exact) mass is 325 g/mol. The molecule has 1 aliphatic heterocycles. The van der Waals surface area contributed by atoms with Gasteiger partial charge in [-0.05, 0) is 55.3 Å². The van der Waals surface area contributed by atoms with Gasteiger partial charge in [-0.2, -0.15) is 0 Å². The summed E-state index contributed by atoms with van der Waals surface area (Å²) in [7, 11) is 0. The van der Waals surface area contributed by atoms with Crippen molar-refractivity contribution in [3.05, 3.63) is 64.4 Å². The predicted molar refractivity (Wildman–Crippen MR) is 94.9 cm³/mol. The van der Waals surface area contributed by atoms with Crippen molar-refractivity contribution in [1.82, 2.24) is 14.9 Å². The minimum absolute atomic E-state index is 0.495. The number of aromatic amines is 1. The van der Waals surface area contributed by atoms with Crippen LogP contribution in [0.25, 0.3) is 11.0 Å². The van der Waals surface area contributed by atoms with Crippen LogP contribution in [-0.4, -0.2) is 28.0 Å². The first-order valence-electron chi connectivity index (χ1n) is 8.10. The topological polar surface area (TPSA) is 31.9 Å². The number of nitrogens with zero attached hydrogens (tertiary/aromatic N) is 2. The van der Waals surface area contributed by atoms with Gasteiger partial charge in [0.15, 0.2) is 0 Å². The quantitative estimate of drug-likeness (QED) is 0.768. The maximum atomic E-state index is 5.96. The van der Waals surface area contributed by atoms with E-state index in [1.165, 1.54) is 11.1 Å². The second-order valence-corrected chi connectivity index (χ2v) is 6.93. The summed E-state index contributed by atoms with van der Waals surface area (Å²) in [6.45, 7) is 5.27. The number of aromatic nitrogens is 2. The largest absolute Gasteiger partial charge is 0.342 e. The maximum Gasteiger partial charge on any atom is 0.111 e. The van der Waals surface area contributed by atoms with Gasteiger partial charge in [0, 0.05) is 24.0 Å². The van der Waals surface area contributed by atoms with Crippen LogP contribution in [0.3, 0.4) is 0 Å². The van der Waals surface area contributed by atoms with Crippen molar-refractivity contribution in [2.24, 2.45) is 0 Å². The van der Waals surface area contributed by atoms with Crippen LogP contribution in [0.15, 0.2) is 42.5 Å². The Balaban J connectivity index is 1.47. The molecule has 0 aliphatic carbocycles. The second kappa shape index (κ2) is 5.99. The molecule has 1 saturated heterocycles. The van der Waals surface area contributed by atoms with Crippen LogP contribution >= 0.6 is 11.6 Å². The number of hydrogen-bond acceptors (Lipinski definition) is 2. The third-order valence-electron chi connectivity index (χ3n) is 4.63. The van der Waals surface area contributed by atoms with E-state index in [1.54, 1.807) is 0 Å². The lowest BCUT2D eigenvalue weighted by atomic mass is 10.1. The highest BCUT2D eigenvalue weighted by molar-refractivity contribution is 6.30. The van der Waals surface area contributed by atoms with E-state index < -0.39 is 0 Å². The fourth-order valence-electron chi connectivity index (χ4n) is 3.38. The molecule has 0 radical (unpaired) electrons. The van der Waals surface area contributed by atoms with E-state index in [4.69, 9.17) is 16.6 Å². The molecule has 2 heterocycles. The van der Waals surface area contributed by atoms with Gasteiger partial charge in [0.25, 0.3) is 0 Å². The number of nitrogens with one attached hydrogen (secondary N) is 1. The first kappa shape index (κ1) is 14.7. The van der Waals surface area contributed by atoms with Crippen LogP contribution in [0.4, 0.5) is 0 Å². The zero-order valence-electron chi connectivity index (χ0n) is 13.2. The Morgan fingerprint density at radius 3 is 2.87 bits per heavy atom. The van der Waals surface area contributed by atoms with E-state index in [9.17, 15) is 0 Å². The highest BCUT2D eigenvalue weighted by Gasteiger charge is 2.26. The standard InChI is InChI=1S/C19H20ClN3/c1-13-2-7-17-18(10-13)22-19(21-17)15-8-9-23(12-15)11-14-3-5-16(20)6-4-14/h2-7,10,15H,8-9,11-12H2,1H3,(H,21,22). The molecule has 4 heteroatoms. The zero-order valence-corrected chi connectivity index (χ0v) is 14.0. The highest BCUT2D eigenvalue weighted by atomic mass is 35.5. The second-order valence-electron chi connectivity index (χ2n) is 6.49. The lowest BCUT2D eigenvalue weighted by molar-refractivity contribution is 0.326. The van der Waals surface area contributed by atoms with Gasteiger partial charge in [-0.15, -0.1) is 0 Å². The lowest BCUT2D eigenvalue weighted by Crippen LogP contribution is -2.19. The lowest BCUT2D eigenvalue weighted by Gasteiger charge is -2.15. The molecular formula is C19H20ClN3. The summed E-state index contributed by atoms with van der Waals surface area (Å²) in [6.07, 6.45) is 1.16. The van der Waals surface area contributed by atoms with Crippen LogP contribution in [0.1, 0.15) is 29.3 Å². The Labute approximate surface area is 141 Å². The van der Waals surface area contributed by atoms with Crippen LogP contribution in [0.2, 0.25) is 5.02 Å². The van der Waals surface area contributed by atoms with Gasteiger partial charge in [0.1, 0.15) is 5.82 Å². The molecule has 1 atom stereocenters. The molecule has 118 valence electrons. The molecule has 4 rings (SSSR count). The number of benzene rings is 2. The molecule has 0 amide bonds. The van der Waals surface area contributed by atoms with Crippen LogP contribution in [-0.2, 0) is 6.54 Å². The van der Waals surface area contributed by atoms with Gasteiger partial charge in [-0.1, -0.05) is 29.8 Å². The van der Waals surface area contributed by atoms with E-state index >= 15 is 0 Å². The highest BCUT2D eigenvalue weighted by Crippen LogP contribution is 2.28. The van der Waals surface area contributed by atoms with Crippen LogP contribution in [0, 0.1) is 6.92 Å². The van der Waals surface area contributed by atoms with Crippen molar-refractivity contribution in [3.63, 3.8) is 0 Å². The Bertz CT molecular complexity index is 822. The number of hydrogen-bond donors (Lipinski definition) is 1. The SMILES string of the molecule is Cc1ccc2nc(C3CCN(Cc4ccc(Cl)cc4)C3)[nH]c2c1. The minimum atomic E-state index is 0.495. The van der Waals surface area contributed by atoms with Gasteiger partial charge in [-0.3, -0.25) is 4.90 Å². The molecule has 2 aromatic carbocycles. The van der Waals surface area contributed by atoms with Gasteiger partial charge >= 0.3 is 0 Å². The van der Waals surface area contributed by atoms with E-state index in [1.807, 2.05) is 12.1 Å². The first-order chi connectivity index (χ1) is 11.2. The molecule has 3 nitrogen and oxygen atoms in total. The summed E-state index contributed by atoms with van der Waals surface area (Å²) in [5, 5.41) is 0.797. The Morgan fingerprint density at radius 2 is 2.04 bits per heavy atom. The fraction of sp³-hybridized carbons (Fsp3) is 0.316. The van der Waals surface area contributed by atoms with Gasteiger partial charge in [-0.25, -0.2) is 4.98 Å². The summed E-state index contributed by atoms with van der Waals surface area (Å²) in [6, 6.07) is 14.5. The number of aryl methyl sites for hydroxylation is 1. The normalized spacial score (nSPS) is 18.8. The summed E-state index contributed by atoms with van der Waals surface area (Å²) < 4.78 is 0. The number of rotatable bonds is 3. The van der Waals surface area contributed by atoms with E-state index in [0.717, 1.165) is 47.9 Å². The van der Waals surface area contributed by atoms with Crippen LogP contribution in [0.5, 0.6) is 0 Å². The molecular weight excluding hydrogens is 306 g/mol. The molecule has 0 saturated carbocycles. The molecule has 3 aromatic rings. The van der Waals surface area contributed by atoms with Crippen molar-refractivity contribution < 1.29 is 0 Å². The van der Waals surface area contributed by atoms with E-state index in [2.05, 4.69) is 47.1 Å². The Morgan fingerprint density at radius 1 is 1.22 bits per heavy atom. The average Bonchev–Trinajstić information content (AvgIpc) is 3.15. The Hall–Kier alpha value is -1.84. The number of imidazole rings is 1. The number of likely N-dealkylation sites (tertiary alicyclic amines) is 1. The molecule has 1 fully saturated rings. The minimum Gasteiger partial charge on any atom is -0.342 e. The molecule has 1 unspecified atom stereocenters. The summed E-state index contributed by atoms with van der Waals surface area (Å²) in [5.41, 5.74) is 4.80. The summed E-state index contributed by atoms with van der Waals surface area (Å²) >= 11 is 5.96. The van der Waals surface area contributed by atoms with Crippen LogP contribution < -0.4 is 0 Å². The third kappa shape index (κ3) is 3.12. The van der Waals surface area contributed by atoms with E-state index in [0.29, 0.717) is 5.92 Å². The summed E-state index contributed by atoms with van der Waals surface area (Å²) in [4.78, 5) is 10.8. The molecule has 23 heavy (non-hydrogen) atoms. The molecule has 0 bridgehead atoms. The van der Waals surface area contributed by atoms with Gasteiger partial charge < -0.3 is 4.98 Å². The van der Waals surface area contributed by atoms with Crippen molar-refractivity contribution in [2.45, 2.75) is 25.8 Å². The smallest absolute Gasteiger partial charge is 0.111 e. The first-order valence-corrected chi connectivity index (χ1v) is 8.48. The van der Waals surface area contributed by atoms with E-state index in [-0.39, 0.29) is 0 Å². The molecule has 0 spiro atoms. The average molecular weight is 326 g/mol. The summed E-state index contributed by atoms with van der Waals surface area (Å²) in [5.74, 6) is 1.62. The number of H-pyrrole nitrogens is 1. The third-order valence-corrected chi connectivity index (χ3v) is 4.89. The van der Waals surface area contributed by atoms with Gasteiger partial charge in [0.2, 0.25) is 0 Å². The zero-order chi connectivity index (χ0) is 15.8. The molecule has 1 aliphatic rings. The maximum absolute atomic E-state index is 5.96. The number of halogens is 1.